The minimum atomic E-state index is -2.23. The third-order valence-corrected chi connectivity index (χ3v) is 4.62. The van der Waals surface area contributed by atoms with Gasteiger partial charge in [-0.15, -0.1) is 0 Å². The maximum absolute atomic E-state index is 11.9. The van der Waals surface area contributed by atoms with Gasteiger partial charge in [-0.05, 0) is 28.8 Å². The van der Waals surface area contributed by atoms with Gasteiger partial charge in [0, 0.05) is 36.8 Å². The highest BCUT2D eigenvalue weighted by Crippen LogP contribution is 2.30. The molecule has 0 aliphatic rings. The van der Waals surface area contributed by atoms with Crippen molar-refractivity contribution in [2.24, 2.45) is 5.73 Å². The van der Waals surface area contributed by atoms with Crippen LogP contribution in [0.1, 0.15) is 17.3 Å². The molecule has 3 rings (SSSR count). The van der Waals surface area contributed by atoms with E-state index < -0.39 is 17.6 Å². The Hall–Kier alpha value is -3.29. The second-order valence-corrected chi connectivity index (χ2v) is 6.43. The van der Waals surface area contributed by atoms with Crippen LogP contribution in [0.4, 0.5) is 0 Å². The first kappa shape index (κ1) is 19.5. The van der Waals surface area contributed by atoms with Gasteiger partial charge in [-0.3, -0.25) is 9.97 Å². The van der Waals surface area contributed by atoms with E-state index in [-0.39, 0.29) is 6.42 Å². The normalized spacial score (nSPS) is 14.1. The molecule has 0 saturated carbocycles. The lowest BCUT2D eigenvalue weighted by atomic mass is 9.84. The van der Waals surface area contributed by atoms with E-state index in [9.17, 15) is 15.0 Å². The molecule has 2 atom stereocenters. The van der Waals surface area contributed by atoms with Gasteiger partial charge in [-0.2, -0.15) is 0 Å². The fourth-order valence-electron chi connectivity index (χ4n) is 2.97. The van der Waals surface area contributed by atoms with Crippen LogP contribution in [0, 0.1) is 0 Å². The molecular weight excluding hydrogens is 358 g/mol. The Morgan fingerprint density at radius 2 is 1.93 bits per heavy atom. The molecule has 0 unspecified atom stereocenters. The Morgan fingerprint density at radius 3 is 2.54 bits per heavy atom. The topological polar surface area (TPSA) is 119 Å². The van der Waals surface area contributed by atoms with Crippen LogP contribution in [-0.2, 0) is 11.2 Å². The molecule has 0 fully saturated rings. The number of aromatic nitrogens is 2. The first-order valence-electron chi connectivity index (χ1n) is 8.64. The van der Waals surface area contributed by atoms with E-state index in [0.29, 0.717) is 17.0 Å². The highest BCUT2D eigenvalue weighted by Gasteiger charge is 2.43. The lowest BCUT2D eigenvalue weighted by Gasteiger charge is -2.30. The number of aliphatic hydroxyl groups is 1. The average Bonchev–Trinajstić information content (AvgIpc) is 2.74. The molecule has 1 aromatic carbocycles. The molecule has 0 amide bonds. The maximum Gasteiger partial charge on any atom is 0.338 e. The predicted molar refractivity (Wildman–Crippen MR) is 104 cm³/mol. The van der Waals surface area contributed by atoms with Gasteiger partial charge in [0.2, 0.25) is 0 Å². The molecular formula is C21H21N3O4. The molecule has 0 saturated heterocycles. The van der Waals surface area contributed by atoms with Crippen molar-refractivity contribution in [2.45, 2.75) is 18.1 Å². The molecule has 2 heterocycles. The SMILES string of the molecule is COc1ccnc(C[C@](O)(C(=O)O)[C@@H](N)c2ccc(-c3cccnc3)cc2)c1. The summed E-state index contributed by atoms with van der Waals surface area (Å²) in [6.07, 6.45) is 4.65. The zero-order valence-corrected chi connectivity index (χ0v) is 15.3. The Kier molecular flexibility index (Phi) is 5.67. The van der Waals surface area contributed by atoms with Gasteiger partial charge in [-0.25, -0.2) is 4.79 Å². The molecule has 7 nitrogen and oxygen atoms in total. The summed E-state index contributed by atoms with van der Waals surface area (Å²) >= 11 is 0. The third kappa shape index (κ3) is 4.00. The third-order valence-electron chi connectivity index (χ3n) is 4.62. The van der Waals surface area contributed by atoms with Gasteiger partial charge in [0.1, 0.15) is 5.75 Å². The summed E-state index contributed by atoms with van der Waals surface area (Å²) in [5.74, 6) is -0.895. The van der Waals surface area contributed by atoms with E-state index >= 15 is 0 Å². The molecule has 0 spiro atoms. The largest absolute Gasteiger partial charge is 0.497 e. The zero-order valence-electron chi connectivity index (χ0n) is 15.3. The molecule has 144 valence electrons. The highest BCUT2D eigenvalue weighted by molar-refractivity contribution is 5.79. The number of hydrogen-bond acceptors (Lipinski definition) is 6. The van der Waals surface area contributed by atoms with Gasteiger partial charge in [0.25, 0.3) is 0 Å². The number of hydrogen-bond donors (Lipinski definition) is 3. The van der Waals surface area contributed by atoms with Crippen LogP contribution in [0.2, 0.25) is 0 Å². The fourth-order valence-corrected chi connectivity index (χ4v) is 2.97. The quantitative estimate of drug-likeness (QED) is 0.576. The smallest absolute Gasteiger partial charge is 0.338 e. The van der Waals surface area contributed by atoms with Crippen molar-refractivity contribution >= 4 is 5.97 Å². The monoisotopic (exact) mass is 379 g/mol. The Morgan fingerprint density at radius 1 is 1.18 bits per heavy atom. The molecule has 28 heavy (non-hydrogen) atoms. The van der Waals surface area contributed by atoms with Crippen molar-refractivity contribution in [3.8, 4) is 16.9 Å². The van der Waals surface area contributed by atoms with Crippen molar-refractivity contribution in [1.29, 1.82) is 0 Å². The number of nitrogens with zero attached hydrogens (tertiary/aromatic N) is 2. The first-order valence-corrected chi connectivity index (χ1v) is 8.64. The van der Waals surface area contributed by atoms with Crippen LogP contribution in [-0.4, -0.2) is 38.9 Å². The number of pyridine rings is 2. The number of aliphatic carboxylic acids is 1. The molecule has 0 bridgehead atoms. The predicted octanol–water partition coefficient (Wildman–Crippen LogP) is 2.21. The molecule has 0 aliphatic carbocycles. The van der Waals surface area contributed by atoms with E-state index in [0.717, 1.165) is 11.1 Å². The zero-order chi connectivity index (χ0) is 20.1. The number of ether oxygens (including phenoxy) is 1. The van der Waals surface area contributed by atoms with E-state index in [1.165, 1.54) is 13.3 Å². The van der Waals surface area contributed by atoms with Crippen LogP contribution < -0.4 is 10.5 Å². The number of nitrogens with two attached hydrogens (primary N) is 1. The standard InChI is InChI=1S/C21H21N3O4/c1-28-18-8-10-24-17(11-18)12-21(27,20(25)26)19(22)15-6-4-14(5-7-15)16-3-2-9-23-13-16/h2-11,13,19,27H,12,22H2,1H3,(H,25,26)/t19-,21+/m0/s1. The van der Waals surface area contributed by atoms with Gasteiger partial charge in [0.05, 0.1) is 13.2 Å². The molecule has 3 aromatic rings. The van der Waals surface area contributed by atoms with Crippen molar-refractivity contribution in [3.05, 3.63) is 78.4 Å². The van der Waals surface area contributed by atoms with Crippen LogP contribution in [0.3, 0.4) is 0 Å². The summed E-state index contributed by atoms with van der Waals surface area (Å²) in [6.45, 7) is 0. The Labute approximate surface area is 162 Å². The Bertz CT molecular complexity index is 947. The van der Waals surface area contributed by atoms with E-state index in [1.807, 2.05) is 24.3 Å². The second-order valence-electron chi connectivity index (χ2n) is 6.43. The van der Waals surface area contributed by atoms with Gasteiger partial charge < -0.3 is 20.7 Å². The van der Waals surface area contributed by atoms with Gasteiger partial charge in [0.15, 0.2) is 5.60 Å². The molecule has 4 N–H and O–H groups in total. The molecule has 7 heteroatoms. The maximum atomic E-state index is 11.9. The minimum Gasteiger partial charge on any atom is -0.497 e. The van der Waals surface area contributed by atoms with Crippen LogP contribution in [0.15, 0.2) is 67.1 Å². The Balaban J connectivity index is 1.87. The summed E-state index contributed by atoms with van der Waals surface area (Å²) in [5, 5.41) is 20.6. The lowest BCUT2D eigenvalue weighted by Crippen LogP contribution is -2.50. The number of methoxy groups -OCH3 is 1. The summed E-state index contributed by atoms with van der Waals surface area (Å²) in [7, 11) is 1.50. The number of benzene rings is 1. The first-order chi connectivity index (χ1) is 13.4. The molecule has 0 radical (unpaired) electrons. The number of carboxylic acid groups (broad SMARTS) is 1. The van der Waals surface area contributed by atoms with Gasteiger partial charge >= 0.3 is 5.97 Å². The average molecular weight is 379 g/mol. The summed E-state index contributed by atoms with van der Waals surface area (Å²) in [5.41, 5.74) is 6.66. The van der Waals surface area contributed by atoms with Crippen molar-refractivity contribution in [3.63, 3.8) is 0 Å². The summed E-state index contributed by atoms with van der Waals surface area (Å²) < 4.78 is 5.12. The van der Waals surface area contributed by atoms with Crippen molar-refractivity contribution < 1.29 is 19.7 Å². The molecule has 2 aromatic heterocycles. The van der Waals surface area contributed by atoms with Crippen LogP contribution in [0.5, 0.6) is 5.75 Å². The van der Waals surface area contributed by atoms with Crippen molar-refractivity contribution in [2.75, 3.05) is 7.11 Å². The van der Waals surface area contributed by atoms with E-state index in [2.05, 4.69) is 9.97 Å². The van der Waals surface area contributed by atoms with Crippen LogP contribution in [0.25, 0.3) is 11.1 Å². The number of carboxylic acids is 1. The number of carbonyl (C=O) groups is 1. The summed E-state index contributed by atoms with van der Waals surface area (Å²) in [6, 6.07) is 12.9. The lowest BCUT2D eigenvalue weighted by molar-refractivity contribution is -0.161. The highest BCUT2D eigenvalue weighted by atomic mass is 16.5. The van der Waals surface area contributed by atoms with E-state index in [4.69, 9.17) is 10.5 Å². The van der Waals surface area contributed by atoms with Crippen molar-refractivity contribution in [1.82, 2.24) is 9.97 Å². The minimum absolute atomic E-state index is 0.259. The van der Waals surface area contributed by atoms with E-state index in [1.54, 1.807) is 36.7 Å². The van der Waals surface area contributed by atoms with Crippen LogP contribution >= 0.6 is 0 Å². The number of rotatable bonds is 7. The fraction of sp³-hybridized carbons (Fsp3) is 0.190. The second kappa shape index (κ2) is 8.16. The van der Waals surface area contributed by atoms with Gasteiger partial charge in [-0.1, -0.05) is 30.3 Å². The molecule has 0 aliphatic heterocycles. The summed E-state index contributed by atoms with van der Waals surface area (Å²) in [4.78, 5) is 20.1.